The first kappa shape index (κ1) is 19.0. The minimum Gasteiger partial charge on any atom is -0.434 e. The fraction of sp³-hybridized carbons (Fsp3) is 0.375. The van der Waals surface area contributed by atoms with E-state index in [9.17, 15) is 8.78 Å². The lowest BCUT2D eigenvalue weighted by atomic mass is 10.2. The molecule has 2 rings (SSSR count). The number of nitrogens with one attached hydrogen (secondary N) is 2. The van der Waals surface area contributed by atoms with Crippen LogP contribution in [0.25, 0.3) is 0 Å². The first-order chi connectivity index (χ1) is 12.0. The maximum absolute atomic E-state index is 12.5. The molecular formula is C16H20ClF2N5O. The zero-order valence-corrected chi connectivity index (χ0v) is 14.7. The molecule has 1 heterocycles. The van der Waals surface area contributed by atoms with E-state index in [1.807, 2.05) is 17.8 Å². The van der Waals surface area contributed by atoms with Crippen LogP contribution in [0.5, 0.6) is 5.75 Å². The van der Waals surface area contributed by atoms with Gasteiger partial charge in [0.05, 0.1) is 12.7 Å². The molecule has 0 amide bonds. The summed E-state index contributed by atoms with van der Waals surface area (Å²) in [5.41, 5.74) is 1.61. The largest absolute Gasteiger partial charge is 0.434 e. The minimum absolute atomic E-state index is 0.0781. The van der Waals surface area contributed by atoms with Crippen molar-refractivity contribution in [2.24, 2.45) is 4.99 Å². The third-order valence-electron chi connectivity index (χ3n) is 3.30. The number of aromatic nitrogens is 2. The molecule has 2 aromatic rings. The van der Waals surface area contributed by atoms with E-state index in [0.29, 0.717) is 29.6 Å². The lowest BCUT2D eigenvalue weighted by Crippen LogP contribution is -2.38. The second kappa shape index (κ2) is 9.22. The summed E-state index contributed by atoms with van der Waals surface area (Å²) in [6, 6.07) is 4.50. The van der Waals surface area contributed by atoms with Gasteiger partial charge in [-0.2, -0.15) is 13.9 Å². The Morgan fingerprint density at radius 2 is 2.20 bits per heavy atom. The number of nitrogens with zero attached hydrogens (tertiary/aromatic N) is 3. The maximum atomic E-state index is 12.5. The molecule has 25 heavy (non-hydrogen) atoms. The standard InChI is InChI=1S/C16H20ClF2N5O/c1-11-8-23-24(10-11)6-5-21-16(20-2)22-9-12-7-13(17)3-4-14(12)25-15(18)19/h3-4,7-8,10,15H,5-6,9H2,1-2H3,(H2,20,21,22). The van der Waals surface area contributed by atoms with Gasteiger partial charge in [-0.15, -0.1) is 0 Å². The molecule has 0 radical (unpaired) electrons. The quantitative estimate of drug-likeness (QED) is 0.580. The van der Waals surface area contributed by atoms with Gasteiger partial charge in [-0.05, 0) is 30.7 Å². The zero-order chi connectivity index (χ0) is 18.2. The second-order valence-corrected chi connectivity index (χ2v) is 5.70. The van der Waals surface area contributed by atoms with Gasteiger partial charge in [0, 0.05) is 36.9 Å². The molecule has 0 fully saturated rings. The monoisotopic (exact) mass is 371 g/mol. The van der Waals surface area contributed by atoms with Crippen molar-refractivity contribution in [3.63, 3.8) is 0 Å². The molecule has 2 N–H and O–H groups in total. The highest BCUT2D eigenvalue weighted by Crippen LogP contribution is 2.24. The fourth-order valence-electron chi connectivity index (χ4n) is 2.17. The molecule has 0 aliphatic heterocycles. The summed E-state index contributed by atoms with van der Waals surface area (Å²) >= 11 is 5.93. The van der Waals surface area contributed by atoms with Crippen LogP contribution in [0.3, 0.4) is 0 Å². The SMILES string of the molecule is CN=C(NCCn1cc(C)cn1)NCc1cc(Cl)ccc1OC(F)F. The summed E-state index contributed by atoms with van der Waals surface area (Å²) < 4.78 is 31.3. The van der Waals surface area contributed by atoms with Crippen LogP contribution in [0.15, 0.2) is 35.6 Å². The van der Waals surface area contributed by atoms with Crippen LogP contribution in [0.1, 0.15) is 11.1 Å². The van der Waals surface area contributed by atoms with Crippen molar-refractivity contribution >= 4 is 17.6 Å². The van der Waals surface area contributed by atoms with Gasteiger partial charge >= 0.3 is 6.61 Å². The topological polar surface area (TPSA) is 63.5 Å². The van der Waals surface area contributed by atoms with Crippen molar-refractivity contribution in [2.75, 3.05) is 13.6 Å². The molecule has 0 aliphatic carbocycles. The van der Waals surface area contributed by atoms with Gasteiger partial charge in [-0.3, -0.25) is 9.67 Å². The van der Waals surface area contributed by atoms with Gasteiger partial charge in [0.25, 0.3) is 0 Å². The molecule has 6 nitrogen and oxygen atoms in total. The van der Waals surface area contributed by atoms with Crippen LogP contribution in [0.2, 0.25) is 5.02 Å². The van der Waals surface area contributed by atoms with E-state index in [2.05, 4.69) is 25.5 Å². The Morgan fingerprint density at radius 3 is 2.84 bits per heavy atom. The normalized spacial score (nSPS) is 11.7. The summed E-state index contributed by atoms with van der Waals surface area (Å²) in [5.74, 6) is 0.612. The second-order valence-electron chi connectivity index (χ2n) is 5.26. The Bertz CT molecular complexity index is 720. The molecule has 1 aromatic carbocycles. The van der Waals surface area contributed by atoms with Crippen LogP contribution < -0.4 is 15.4 Å². The fourth-order valence-corrected chi connectivity index (χ4v) is 2.37. The van der Waals surface area contributed by atoms with Gasteiger partial charge in [0.2, 0.25) is 0 Å². The Labute approximate surface area is 149 Å². The maximum Gasteiger partial charge on any atom is 0.387 e. The molecule has 0 saturated carbocycles. The van der Waals surface area contributed by atoms with Crippen LogP contribution >= 0.6 is 11.6 Å². The number of ether oxygens (including phenoxy) is 1. The number of rotatable bonds is 7. The van der Waals surface area contributed by atoms with Crippen LogP contribution in [-0.4, -0.2) is 35.9 Å². The molecule has 0 spiro atoms. The van der Waals surface area contributed by atoms with Crippen molar-refractivity contribution in [3.8, 4) is 5.75 Å². The molecule has 0 unspecified atom stereocenters. The predicted molar refractivity (Wildman–Crippen MR) is 93.2 cm³/mol. The van der Waals surface area contributed by atoms with E-state index < -0.39 is 6.61 Å². The molecule has 1 aromatic heterocycles. The van der Waals surface area contributed by atoms with Crippen LogP contribution in [-0.2, 0) is 13.1 Å². The van der Waals surface area contributed by atoms with Crippen molar-refractivity contribution in [2.45, 2.75) is 26.6 Å². The number of alkyl halides is 2. The Morgan fingerprint density at radius 1 is 1.40 bits per heavy atom. The minimum atomic E-state index is -2.89. The summed E-state index contributed by atoms with van der Waals surface area (Å²) in [6.07, 6.45) is 3.73. The van der Waals surface area contributed by atoms with E-state index in [-0.39, 0.29) is 12.3 Å². The Kier molecular flexibility index (Phi) is 7.00. The molecule has 0 aliphatic rings. The van der Waals surface area contributed by atoms with E-state index in [1.165, 1.54) is 12.1 Å². The number of aryl methyl sites for hydroxylation is 1. The number of hydrogen-bond acceptors (Lipinski definition) is 3. The first-order valence-electron chi connectivity index (χ1n) is 7.64. The van der Waals surface area contributed by atoms with E-state index in [4.69, 9.17) is 11.6 Å². The molecular weight excluding hydrogens is 352 g/mol. The van der Waals surface area contributed by atoms with E-state index in [1.54, 1.807) is 19.3 Å². The Hall–Kier alpha value is -2.35. The van der Waals surface area contributed by atoms with Crippen LogP contribution in [0, 0.1) is 6.92 Å². The third-order valence-corrected chi connectivity index (χ3v) is 3.54. The number of benzene rings is 1. The smallest absolute Gasteiger partial charge is 0.387 e. The van der Waals surface area contributed by atoms with E-state index >= 15 is 0 Å². The molecule has 0 atom stereocenters. The first-order valence-corrected chi connectivity index (χ1v) is 8.02. The van der Waals surface area contributed by atoms with Gasteiger partial charge in [-0.25, -0.2) is 0 Å². The zero-order valence-electron chi connectivity index (χ0n) is 14.0. The van der Waals surface area contributed by atoms with Crippen molar-refractivity contribution in [1.29, 1.82) is 0 Å². The third kappa shape index (κ3) is 6.22. The summed E-state index contributed by atoms with van der Waals surface area (Å²) in [6.45, 7) is 0.599. The van der Waals surface area contributed by atoms with Gasteiger partial charge in [-0.1, -0.05) is 11.6 Å². The number of guanidine groups is 1. The van der Waals surface area contributed by atoms with Gasteiger partial charge < -0.3 is 15.4 Å². The summed E-state index contributed by atoms with van der Waals surface area (Å²) in [4.78, 5) is 4.10. The lowest BCUT2D eigenvalue weighted by molar-refractivity contribution is -0.0504. The molecule has 0 saturated heterocycles. The van der Waals surface area contributed by atoms with Crippen molar-refractivity contribution in [1.82, 2.24) is 20.4 Å². The number of hydrogen-bond donors (Lipinski definition) is 2. The van der Waals surface area contributed by atoms with E-state index in [0.717, 1.165) is 5.56 Å². The average molecular weight is 372 g/mol. The lowest BCUT2D eigenvalue weighted by Gasteiger charge is -2.15. The highest BCUT2D eigenvalue weighted by molar-refractivity contribution is 6.30. The highest BCUT2D eigenvalue weighted by atomic mass is 35.5. The number of aliphatic imine (C=N–C) groups is 1. The van der Waals surface area contributed by atoms with Crippen LogP contribution in [0.4, 0.5) is 8.78 Å². The van der Waals surface area contributed by atoms with Crippen molar-refractivity contribution in [3.05, 3.63) is 46.7 Å². The van der Waals surface area contributed by atoms with Crippen molar-refractivity contribution < 1.29 is 13.5 Å². The molecule has 9 heteroatoms. The molecule has 0 bridgehead atoms. The Balaban J connectivity index is 1.88. The number of halogens is 3. The summed E-state index contributed by atoms with van der Waals surface area (Å²) in [7, 11) is 1.63. The molecule has 136 valence electrons. The van der Waals surface area contributed by atoms with Gasteiger partial charge in [0.15, 0.2) is 5.96 Å². The van der Waals surface area contributed by atoms with Gasteiger partial charge in [0.1, 0.15) is 5.75 Å². The predicted octanol–water partition coefficient (Wildman–Crippen LogP) is 2.81. The highest BCUT2D eigenvalue weighted by Gasteiger charge is 2.11. The average Bonchev–Trinajstić information content (AvgIpc) is 2.98. The summed E-state index contributed by atoms with van der Waals surface area (Å²) in [5, 5.41) is 10.8.